The molecule has 0 spiro atoms. The van der Waals surface area contributed by atoms with Crippen molar-refractivity contribution >= 4 is 5.95 Å². The van der Waals surface area contributed by atoms with Gasteiger partial charge in [-0.1, -0.05) is 0 Å². The molecule has 0 radical (unpaired) electrons. The van der Waals surface area contributed by atoms with Crippen LogP contribution in [0.2, 0.25) is 0 Å². The van der Waals surface area contributed by atoms with Crippen LogP contribution < -0.4 is 9.64 Å². The molecule has 130 valence electrons. The van der Waals surface area contributed by atoms with Crippen molar-refractivity contribution in [3.05, 3.63) is 35.3 Å². The summed E-state index contributed by atoms with van der Waals surface area (Å²) in [7, 11) is 0. The molecular formula is C17H19FN6O. The third-order valence-electron chi connectivity index (χ3n) is 4.21. The molecule has 3 heterocycles. The fourth-order valence-electron chi connectivity index (χ4n) is 2.82. The lowest BCUT2D eigenvalue weighted by atomic mass is 9.98. The zero-order valence-electron chi connectivity index (χ0n) is 14.2. The van der Waals surface area contributed by atoms with E-state index in [1.165, 1.54) is 0 Å². The molecule has 1 fully saturated rings. The molecule has 0 amide bonds. The van der Waals surface area contributed by atoms with Crippen LogP contribution in [0.1, 0.15) is 30.1 Å². The Morgan fingerprint density at radius 1 is 1.28 bits per heavy atom. The number of aryl methyl sites for hydroxylation is 2. The SMILES string of the molecule is Cc1nc(C)c(F)c(OCC2CCN(c3nccc(C#N)n3)CC2)n1. The zero-order chi connectivity index (χ0) is 17.8. The third kappa shape index (κ3) is 3.99. The van der Waals surface area contributed by atoms with Gasteiger partial charge in [-0.15, -0.1) is 0 Å². The highest BCUT2D eigenvalue weighted by atomic mass is 19.1. The largest absolute Gasteiger partial charge is 0.475 e. The van der Waals surface area contributed by atoms with Gasteiger partial charge in [0.05, 0.1) is 12.3 Å². The highest BCUT2D eigenvalue weighted by Gasteiger charge is 2.22. The molecule has 0 aromatic carbocycles. The maximum Gasteiger partial charge on any atom is 0.254 e. The van der Waals surface area contributed by atoms with Crippen molar-refractivity contribution in [3.63, 3.8) is 0 Å². The molecule has 2 aromatic heterocycles. The highest BCUT2D eigenvalue weighted by molar-refractivity contribution is 5.34. The summed E-state index contributed by atoms with van der Waals surface area (Å²) < 4.78 is 19.6. The molecule has 2 aromatic rings. The number of halogens is 1. The van der Waals surface area contributed by atoms with Crippen molar-refractivity contribution in [2.45, 2.75) is 26.7 Å². The smallest absolute Gasteiger partial charge is 0.254 e. The minimum atomic E-state index is -0.496. The summed E-state index contributed by atoms with van der Waals surface area (Å²) in [6.45, 7) is 5.28. The summed E-state index contributed by atoms with van der Waals surface area (Å²) >= 11 is 0. The van der Waals surface area contributed by atoms with Gasteiger partial charge in [-0.3, -0.25) is 0 Å². The number of nitrogens with zero attached hydrogens (tertiary/aromatic N) is 6. The Balaban J connectivity index is 1.55. The normalized spacial score (nSPS) is 15.0. The monoisotopic (exact) mass is 342 g/mol. The fraction of sp³-hybridized carbons (Fsp3) is 0.471. The van der Waals surface area contributed by atoms with Gasteiger partial charge in [0.15, 0.2) is 0 Å². The molecule has 0 N–H and O–H groups in total. The van der Waals surface area contributed by atoms with Crippen LogP contribution in [0.15, 0.2) is 12.3 Å². The van der Waals surface area contributed by atoms with E-state index in [-0.39, 0.29) is 5.88 Å². The van der Waals surface area contributed by atoms with Gasteiger partial charge < -0.3 is 9.64 Å². The molecule has 25 heavy (non-hydrogen) atoms. The topological polar surface area (TPSA) is 87.8 Å². The fourth-order valence-corrected chi connectivity index (χ4v) is 2.82. The lowest BCUT2D eigenvalue weighted by Crippen LogP contribution is -2.36. The molecule has 0 saturated carbocycles. The van der Waals surface area contributed by atoms with E-state index in [9.17, 15) is 4.39 Å². The molecule has 1 saturated heterocycles. The van der Waals surface area contributed by atoms with E-state index in [0.29, 0.717) is 35.7 Å². The van der Waals surface area contributed by atoms with E-state index in [1.807, 2.05) is 6.07 Å². The van der Waals surface area contributed by atoms with Crippen LogP contribution in [0.3, 0.4) is 0 Å². The Kier molecular flexibility index (Phi) is 5.03. The number of aromatic nitrogens is 4. The summed E-state index contributed by atoms with van der Waals surface area (Å²) in [5, 5.41) is 8.93. The number of nitriles is 1. The molecule has 0 bridgehead atoms. The zero-order valence-corrected chi connectivity index (χ0v) is 14.2. The summed E-state index contributed by atoms with van der Waals surface area (Å²) in [6.07, 6.45) is 3.36. The number of rotatable bonds is 4. The van der Waals surface area contributed by atoms with E-state index in [2.05, 4.69) is 24.8 Å². The second-order valence-electron chi connectivity index (χ2n) is 6.07. The standard InChI is InChI=1S/C17H19FN6O/c1-11-15(18)16(22-12(2)21-11)25-10-13-4-7-24(8-5-13)17-20-6-3-14(9-19)23-17/h3,6,13H,4-5,7-8,10H2,1-2H3. The molecule has 0 aliphatic carbocycles. The molecule has 7 nitrogen and oxygen atoms in total. The van der Waals surface area contributed by atoms with Gasteiger partial charge in [-0.05, 0) is 38.7 Å². The average molecular weight is 342 g/mol. The number of piperidine rings is 1. The Labute approximate surface area is 145 Å². The van der Waals surface area contributed by atoms with Crippen LogP contribution >= 0.6 is 0 Å². The summed E-state index contributed by atoms with van der Waals surface area (Å²) in [5.41, 5.74) is 0.660. The predicted octanol–water partition coefficient (Wildman–Crippen LogP) is 2.19. The lowest BCUT2D eigenvalue weighted by Gasteiger charge is -2.31. The van der Waals surface area contributed by atoms with Crippen LogP contribution in [0, 0.1) is 36.9 Å². The van der Waals surface area contributed by atoms with Gasteiger partial charge in [-0.2, -0.15) is 14.6 Å². The Morgan fingerprint density at radius 2 is 2.04 bits per heavy atom. The van der Waals surface area contributed by atoms with Gasteiger partial charge >= 0.3 is 0 Å². The van der Waals surface area contributed by atoms with E-state index in [4.69, 9.17) is 10.00 Å². The predicted molar refractivity (Wildman–Crippen MR) is 88.6 cm³/mol. The van der Waals surface area contributed by atoms with Crippen LogP contribution in [-0.2, 0) is 0 Å². The first-order valence-electron chi connectivity index (χ1n) is 8.18. The Hall–Kier alpha value is -2.82. The second kappa shape index (κ2) is 7.38. The Bertz CT molecular complexity index is 798. The van der Waals surface area contributed by atoms with Gasteiger partial charge in [0.1, 0.15) is 17.6 Å². The maximum absolute atomic E-state index is 14.0. The first kappa shape index (κ1) is 17.0. The molecular weight excluding hydrogens is 323 g/mol. The lowest BCUT2D eigenvalue weighted by molar-refractivity contribution is 0.206. The van der Waals surface area contributed by atoms with Crippen molar-refractivity contribution in [1.82, 2.24) is 19.9 Å². The van der Waals surface area contributed by atoms with E-state index >= 15 is 0 Å². The van der Waals surface area contributed by atoms with Gasteiger partial charge in [0.2, 0.25) is 11.8 Å². The van der Waals surface area contributed by atoms with Gasteiger partial charge in [-0.25, -0.2) is 15.0 Å². The molecule has 3 rings (SSSR count). The van der Waals surface area contributed by atoms with Crippen molar-refractivity contribution in [2.75, 3.05) is 24.6 Å². The average Bonchev–Trinajstić information content (AvgIpc) is 2.64. The summed E-state index contributed by atoms with van der Waals surface area (Å²) in [4.78, 5) is 18.5. The van der Waals surface area contributed by atoms with E-state index in [0.717, 1.165) is 25.9 Å². The van der Waals surface area contributed by atoms with Crippen molar-refractivity contribution in [2.24, 2.45) is 5.92 Å². The van der Waals surface area contributed by atoms with Crippen LogP contribution in [-0.4, -0.2) is 39.6 Å². The van der Waals surface area contributed by atoms with E-state index < -0.39 is 5.82 Å². The number of anilines is 1. The van der Waals surface area contributed by atoms with E-state index in [1.54, 1.807) is 26.1 Å². The van der Waals surface area contributed by atoms with Crippen molar-refractivity contribution in [1.29, 1.82) is 5.26 Å². The quantitative estimate of drug-likeness (QED) is 0.841. The highest BCUT2D eigenvalue weighted by Crippen LogP contribution is 2.23. The molecule has 8 heteroatoms. The summed E-state index contributed by atoms with van der Waals surface area (Å²) in [5.74, 6) is 0.914. The Morgan fingerprint density at radius 3 is 2.76 bits per heavy atom. The van der Waals surface area contributed by atoms with Gasteiger partial charge in [0.25, 0.3) is 5.88 Å². The minimum absolute atomic E-state index is 0.0254. The molecule has 0 atom stereocenters. The second-order valence-corrected chi connectivity index (χ2v) is 6.07. The number of hydrogen-bond acceptors (Lipinski definition) is 7. The third-order valence-corrected chi connectivity index (χ3v) is 4.21. The van der Waals surface area contributed by atoms with Crippen LogP contribution in [0.25, 0.3) is 0 Å². The minimum Gasteiger partial charge on any atom is -0.475 e. The molecule has 1 aliphatic rings. The first-order valence-corrected chi connectivity index (χ1v) is 8.18. The number of ether oxygens (including phenoxy) is 1. The van der Waals surface area contributed by atoms with Crippen LogP contribution in [0.5, 0.6) is 5.88 Å². The van der Waals surface area contributed by atoms with Gasteiger partial charge in [0, 0.05) is 19.3 Å². The van der Waals surface area contributed by atoms with Crippen molar-refractivity contribution < 1.29 is 9.13 Å². The first-order chi connectivity index (χ1) is 12.1. The molecule has 0 unspecified atom stereocenters. The molecule has 1 aliphatic heterocycles. The summed E-state index contributed by atoms with van der Waals surface area (Å²) in [6, 6.07) is 3.61. The van der Waals surface area contributed by atoms with Crippen molar-refractivity contribution in [3.8, 4) is 11.9 Å². The maximum atomic E-state index is 14.0. The number of hydrogen-bond donors (Lipinski definition) is 0. The van der Waals surface area contributed by atoms with Crippen LogP contribution in [0.4, 0.5) is 10.3 Å².